The third-order valence-electron chi connectivity index (χ3n) is 16.5. The lowest BCUT2D eigenvalue weighted by Crippen LogP contribution is -2.58. The van der Waals surface area contributed by atoms with Crippen LogP contribution >= 0.6 is 11.8 Å². The second-order valence-corrected chi connectivity index (χ2v) is 26.8. The molecule has 1 fully saturated rings. The first-order valence-electron chi connectivity index (χ1n) is 33.0. The predicted octanol–water partition coefficient (Wildman–Crippen LogP) is -0.298. The number of carbonyl (C=O) groups excluding carboxylic acids is 11. The lowest BCUT2D eigenvalue weighted by molar-refractivity contribution is -0.145. The number of thioether (sulfide) groups is 1. The Labute approximate surface area is 567 Å². The fourth-order valence-electron chi connectivity index (χ4n) is 11.4. The van der Waals surface area contributed by atoms with Crippen LogP contribution < -0.4 is 61.0 Å². The highest BCUT2D eigenvalue weighted by Gasteiger charge is 2.41. The van der Waals surface area contributed by atoms with E-state index >= 15 is 0 Å². The van der Waals surface area contributed by atoms with Crippen LogP contribution in [0.1, 0.15) is 156 Å². The Hall–Kier alpha value is -7.77. The minimum atomic E-state index is -1.79. The molecule has 0 bridgehead atoms. The average Bonchev–Trinajstić information content (AvgIpc) is 1.47. The number of guanidine groups is 2. The van der Waals surface area contributed by atoms with Gasteiger partial charge in [0.25, 0.3) is 0 Å². The second kappa shape index (κ2) is 44.1. The number of aromatic hydroxyl groups is 1. The van der Waals surface area contributed by atoms with Gasteiger partial charge < -0.3 is 86.3 Å². The Morgan fingerprint density at radius 2 is 1.09 bits per heavy atom. The smallest absolute Gasteiger partial charge is 0.304 e. The van der Waals surface area contributed by atoms with Crippen LogP contribution in [0.4, 0.5) is 0 Å². The van der Waals surface area contributed by atoms with Gasteiger partial charge in [0.15, 0.2) is 35.1 Å². The Kier molecular flexibility index (Phi) is 38.8. The van der Waals surface area contributed by atoms with Crippen LogP contribution in [-0.2, 0) is 64.0 Å². The molecule has 21 N–H and O–H groups in total. The van der Waals surface area contributed by atoms with E-state index in [0.29, 0.717) is 31.2 Å². The normalized spacial score (nSPS) is 16.4. The average molecular weight is 1370 g/mol. The number of carboxylic acid groups (broad SMARTS) is 1. The van der Waals surface area contributed by atoms with Gasteiger partial charge in [0, 0.05) is 63.1 Å². The highest BCUT2D eigenvalue weighted by molar-refractivity contribution is 7.98. The van der Waals surface area contributed by atoms with Crippen LogP contribution in [0, 0.1) is 41.4 Å². The van der Waals surface area contributed by atoms with E-state index in [4.69, 9.17) is 34.4 Å². The van der Waals surface area contributed by atoms with Crippen molar-refractivity contribution in [2.75, 3.05) is 44.8 Å². The van der Waals surface area contributed by atoms with E-state index in [2.05, 4.69) is 36.6 Å². The number of hydrogen-bond acceptors (Lipinski definition) is 19. The maximum absolute atomic E-state index is 14.6. The number of primary amides is 1. The Balaban J connectivity index is 2.46. The van der Waals surface area contributed by atoms with Gasteiger partial charge in [0.05, 0.1) is 49.1 Å². The number of phenolic OH excluding ortho intramolecular Hbond substituents is 1. The van der Waals surface area contributed by atoms with Gasteiger partial charge in [-0.25, -0.2) is 0 Å². The van der Waals surface area contributed by atoms with Crippen molar-refractivity contribution in [2.45, 2.75) is 199 Å². The molecule has 540 valence electrons. The number of likely N-dealkylation sites (tertiary alicyclic amines) is 1. The number of rotatable bonds is 49. The molecule has 0 radical (unpaired) electrons. The maximum Gasteiger partial charge on any atom is 0.304 e. The zero-order chi connectivity index (χ0) is 72.4. The lowest BCUT2D eigenvalue weighted by Gasteiger charge is -2.30. The van der Waals surface area contributed by atoms with Crippen LogP contribution in [-0.4, -0.2) is 195 Å². The second-order valence-electron chi connectivity index (χ2n) is 25.8. The SMILES string of the molecule is CSCC[C@H](NC(=O)[C@@H]1CCCN1C(=O)[C@H](CO)CC(=O)[C@H](CCCN=C(N)N)NC(=O)[C@@H](C)CC(C)C)C(=O)N[C@H](C(=O)C[C@@H](CC(=O)O)C(=O)N[C@@H](CCCCN)C(=O)C[C@@H](Cc1ccc(O)cc1)C(=O)N[C@@H](CCCN=C(N)N)C(=O)C[C@@H](CC(C)C)C(N)=O)[C@@H](C)O. The first kappa shape index (κ1) is 84.3. The van der Waals surface area contributed by atoms with Crippen molar-refractivity contribution in [2.24, 2.45) is 85.8 Å². The minimum absolute atomic E-state index is 0.0108. The minimum Gasteiger partial charge on any atom is -0.508 e. The van der Waals surface area contributed by atoms with Crippen molar-refractivity contribution >= 4 is 94.1 Å². The fraction of sp³-hybridized carbons (Fsp3) is 0.692. The molecule has 96 heavy (non-hydrogen) atoms. The molecule has 7 amide bonds. The first-order valence-corrected chi connectivity index (χ1v) is 34.4. The summed E-state index contributed by atoms with van der Waals surface area (Å²) in [5, 5.41) is 55.0. The van der Waals surface area contributed by atoms with Gasteiger partial charge in [-0.3, -0.25) is 67.5 Å². The number of ketones is 4. The summed E-state index contributed by atoms with van der Waals surface area (Å²) in [6.07, 6.45) is -0.837. The van der Waals surface area contributed by atoms with E-state index in [-0.39, 0.29) is 132 Å². The lowest BCUT2D eigenvalue weighted by atomic mass is 9.87. The molecule has 12 atom stereocenters. The van der Waals surface area contributed by atoms with Crippen LogP contribution in [0.2, 0.25) is 0 Å². The number of nitrogens with two attached hydrogens (primary N) is 6. The van der Waals surface area contributed by atoms with Gasteiger partial charge in [-0.05, 0) is 138 Å². The van der Waals surface area contributed by atoms with Gasteiger partial charge in [0.2, 0.25) is 41.4 Å². The third-order valence-corrected chi connectivity index (χ3v) is 17.2. The number of carboxylic acids is 1. The highest BCUT2D eigenvalue weighted by Crippen LogP contribution is 2.26. The number of aliphatic imine (C=N–C) groups is 2. The molecule has 1 heterocycles. The van der Waals surface area contributed by atoms with Crippen molar-refractivity contribution in [1.29, 1.82) is 0 Å². The van der Waals surface area contributed by atoms with E-state index < -0.39 is 169 Å². The van der Waals surface area contributed by atoms with Crippen LogP contribution in [0.15, 0.2) is 34.3 Å². The van der Waals surface area contributed by atoms with Gasteiger partial charge >= 0.3 is 5.97 Å². The molecule has 2 rings (SSSR count). The van der Waals surface area contributed by atoms with Gasteiger partial charge in [-0.2, -0.15) is 11.8 Å². The van der Waals surface area contributed by atoms with E-state index in [9.17, 15) is 78.0 Å². The number of phenols is 1. The number of carbonyl (C=O) groups is 12. The summed E-state index contributed by atoms with van der Waals surface area (Å²) < 4.78 is 0. The first-order chi connectivity index (χ1) is 45.2. The molecular weight excluding hydrogens is 1260 g/mol. The molecule has 1 aromatic rings. The van der Waals surface area contributed by atoms with Crippen molar-refractivity contribution in [3.8, 4) is 5.75 Å². The van der Waals surface area contributed by atoms with Crippen LogP contribution in [0.3, 0.4) is 0 Å². The molecule has 0 unspecified atom stereocenters. The quantitative estimate of drug-likeness (QED) is 0.0226. The molecule has 31 heteroatoms. The summed E-state index contributed by atoms with van der Waals surface area (Å²) in [5.41, 5.74) is 34.0. The number of unbranched alkanes of at least 4 members (excludes halogenated alkanes) is 1. The highest BCUT2D eigenvalue weighted by atomic mass is 32.2. The van der Waals surface area contributed by atoms with E-state index in [0.717, 1.165) is 6.92 Å². The zero-order valence-electron chi connectivity index (χ0n) is 56.8. The standard InChI is InChI=1S/C65H108N14O16S/c1-36(2)27-38(5)58(90)74-47(14-10-23-72-64(68)69)53(85)33-44(35-80)63(95)79-25-12-16-50(79)62(94)77-49(21-26-96-7)61(93)78-56(39(6)81)54(86)32-43(34-55(87)88)60(92)75-46(13-8-9-22-66)52(84)31-42(29-40-17-19-45(82)20-18-40)59(91)76-48(15-11-24-73-65(70)71)51(83)30-41(57(67)89)28-37(3)4/h17-20,36-39,41-44,46-50,56,80-82H,8-16,21-35,66H2,1-7H3,(H2,67,89)(H,74,90)(H,75,92)(H,76,91)(H,77,94)(H,78,93)(H,87,88)(H4,68,69,72)(H4,70,71,73)/t38-,39+,41+,42+,43-,44-,46-,47-,48-,49-,50-,56-/m0/s1. The van der Waals surface area contributed by atoms with Gasteiger partial charge in [0.1, 0.15) is 23.9 Å². The summed E-state index contributed by atoms with van der Waals surface area (Å²) in [7, 11) is 0. The van der Waals surface area contributed by atoms with Crippen molar-refractivity contribution < 1.29 is 78.0 Å². The zero-order valence-corrected chi connectivity index (χ0v) is 57.6. The molecule has 30 nitrogen and oxygen atoms in total. The Morgan fingerprint density at radius 1 is 0.594 bits per heavy atom. The molecule has 0 aliphatic carbocycles. The van der Waals surface area contributed by atoms with E-state index in [1.54, 1.807) is 13.2 Å². The number of benzene rings is 1. The van der Waals surface area contributed by atoms with E-state index in [1.165, 1.54) is 40.9 Å². The monoisotopic (exact) mass is 1370 g/mol. The fourth-order valence-corrected chi connectivity index (χ4v) is 11.9. The summed E-state index contributed by atoms with van der Waals surface area (Å²) in [6.45, 7) is 10.2. The molecule has 0 saturated carbocycles. The number of nitrogens with one attached hydrogen (secondary N) is 5. The number of nitrogens with zero attached hydrogens (tertiary/aromatic N) is 3. The van der Waals surface area contributed by atoms with Crippen LogP contribution in [0.5, 0.6) is 5.75 Å². The molecule has 0 aromatic heterocycles. The van der Waals surface area contributed by atoms with Crippen LogP contribution in [0.25, 0.3) is 0 Å². The van der Waals surface area contributed by atoms with E-state index in [1.807, 2.05) is 27.7 Å². The van der Waals surface area contributed by atoms with Crippen molar-refractivity contribution in [3.63, 3.8) is 0 Å². The summed E-state index contributed by atoms with van der Waals surface area (Å²) in [6, 6.07) is -2.24. The summed E-state index contributed by atoms with van der Waals surface area (Å²) in [5.74, 6) is -15.3. The number of aliphatic hydroxyl groups excluding tert-OH is 2. The Morgan fingerprint density at radius 3 is 1.57 bits per heavy atom. The molecule has 0 spiro atoms. The predicted molar refractivity (Wildman–Crippen MR) is 363 cm³/mol. The number of aliphatic carboxylic acids is 1. The molecule has 1 saturated heterocycles. The largest absolute Gasteiger partial charge is 0.508 e. The summed E-state index contributed by atoms with van der Waals surface area (Å²) >= 11 is 1.31. The topological polar surface area (TPSA) is 530 Å². The molecule has 1 aliphatic rings. The summed E-state index contributed by atoms with van der Waals surface area (Å²) in [4.78, 5) is 176. The number of amides is 7. The van der Waals surface area contributed by atoms with Crippen molar-refractivity contribution in [3.05, 3.63) is 29.8 Å². The molecule has 1 aliphatic heterocycles. The number of Topliss-reactive ketones (excluding diaryl/α,β-unsaturated/α-hetero) is 4. The number of aliphatic hydroxyl groups is 2. The van der Waals surface area contributed by atoms with Gasteiger partial charge in [-0.15, -0.1) is 0 Å². The maximum atomic E-state index is 14.6. The number of hydrogen-bond donors (Lipinski definition) is 15. The molecular formula is C65H108N14O16S. The molecule has 1 aromatic carbocycles. The van der Waals surface area contributed by atoms with Gasteiger partial charge in [-0.1, -0.05) is 46.8 Å². The third kappa shape index (κ3) is 31.4. The Bertz CT molecular complexity index is 2800. The van der Waals surface area contributed by atoms with Crippen molar-refractivity contribution in [1.82, 2.24) is 31.5 Å².